The van der Waals surface area contributed by atoms with Crippen LogP contribution in [0.3, 0.4) is 0 Å². The van der Waals surface area contributed by atoms with Crippen LogP contribution >= 0.6 is 0 Å². The van der Waals surface area contributed by atoms with E-state index in [2.05, 4.69) is 17.1 Å². The summed E-state index contributed by atoms with van der Waals surface area (Å²) in [6.07, 6.45) is 1.99. The Morgan fingerprint density at radius 1 is 1.43 bits per heavy atom. The molecule has 1 N–H and O–H groups in total. The highest BCUT2D eigenvalue weighted by atomic mass is 16.5. The van der Waals surface area contributed by atoms with E-state index in [0.29, 0.717) is 12.6 Å². The molecule has 1 heterocycles. The fourth-order valence-corrected chi connectivity index (χ4v) is 2.78. The van der Waals surface area contributed by atoms with E-state index in [9.17, 15) is 4.79 Å². The Labute approximate surface area is 127 Å². The second-order valence-corrected chi connectivity index (χ2v) is 5.61. The third-order valence-corrected chi connectivity index (χ3v) is 4.13. The molecule has 21 heavy (non-hydrogen) atoms. The topological polar surface area (TPSA) is 41.6 Å². The molecule has 1 aliphatic heterocycles. The lowest BCUT2D eigenvalue weighted by Crippen LogP contribution is -2.43. The number of ether oxygens (including phenoxy) is 1. The molecule has 0 unspecified atom stereocenters. The fraction of sp³-hybridized carbons (Fsp3) is 0.588. The molecule has 0 radical (unpaired) electrons. The summed E-state index contributed by atoms with van der Waals surface area (Å²) in [5, 5.41) is 3.02. The number of rotatable bonds is 7. The Morgan fingerprint density at radius 3 is 2.90 bits per heavy atom. The maximum atomic E-state index is 12.1. The van der Waals surface area contributed by atoms with Crippen molar-refractivity contribution in [3.63, 3.8) is 0 Å². The van der Waals surface area contributed by atoms with Gasteiger partial charge in [-0.15, -0.1) is 0 Å². The summed E-state index contributed by atoms with van der Waals surface area (Å²) in [6, 6.07) is 10.4. The largest absolute Gasteiger partial charge is 0.364 e. The Morgan fingerprint density at radius 2 is 2.19 bits per heavy atom. The van der Waals surface area contributed by atoms with Crippen LogP contribution in [-0.4, -0.2) is 42.6 Å². The molecule has 1 fully saturated rings. The number of likely N-dealkylation sites (N-methyl/N-ethyl adjacent to an activating group) is 1. The highest BCUT2D eigenvalue weighted by Crippen LogP contribution is 2.15. The maximum Gasteiger partial charge on any atom is 0.248 e. The van der Waals surface area contributed by atoms with Gasteiger partial charge in [0.1, 0.15) is 6.10 Å². The average molecular weight is 290 g/mol. The normalized spacial score (nSPS) is 20.4. The van der Waals surface area contributed by atoms with Crippen LogP contribution < -0.4 is 5.32 Å². The molecule has 2 atom stereocenters. The molecule has 1 aliphatic rings. The zero-order chi connectivity index (χ0) is 15.1. The first-order valence-electron chi connectivity index (χ1n) is 7.88. The number of nitrogens with one attached hydrogen (secondary N) is 1. The summed E-state index contributed by atoms with van der Waals surface area (Å²) in [7, 11) is 0. The highest BCUT2D eigenvalue weighted by Gasteiger charge is 2.24. The lowest BCUT2D eigenvalue weighted by atomic mass is 10.2. The SMILES string of the molecule is CCN1CCC[C@@H]1CNC(=O)[C@H](C)OCc1ccccc1. The van der Waals surface area contributed by atoms with Crippen molar-refractivity contribution in [3.8, 4) is 0 Å². The van der Waals surface area contributed by atoms with Gasteiger partial charge in [0, 0.05) is 12.6 Å². The monoisotopic (exact) mass is 290 g/mol. The Balaban J connectivity index is 1.70. The number of carbonyl (C=O) groups is 1. The van der Waals surface area contributed by atoms with Crippen LogP contribution in [0.1, 0.15) is 32.3 Å². The average Bonchev–Trinajstić information content (AvgIpc) is 2.98. The van der Waals surface area contributed by atoms with Gasteiger partial charge in [0.25, 0.3) is 0 Å². The molecule has 2 rings (SSSR count). The van der Waals surface area contributed by atoms with Gasteiger partial charge in [0.2, 0.25) is 5.91 Å². The summed E-state index contributed by atoms with van der Waals surface area (Å²) in [5.74, 6) is -0.0196. The summed E-state index contributed by atoms with van der Waals surface area (Å²) in [5.41, 5.74) is 1.09. The van der Waals surface area contributed by atoms with E-state index in [4.69, 9.17) is 4.74 Å². The fourth-order valence-electron chi connectivity index (χ4n) is 2.78. The van der Waals surface area contributed by atoms with Crippen molar-refractivity contribution in [2.75, 3.05) is 19.6 Å². The van der Waals surface area contributed by atoms with Crippen LogP contribution in [0.5, 0.6) is 0 Å². The number of carbonyl (C=O) groups excluding carboxylic acids is 1. The van der Waals surface area contributed by atoms with Crippen LogP contribution in [0.25, 0.3) is 0 Å². The van der Waals surface area contributed by atoms with Gasteiger partial charge in [-0.3, -0.25) is 9.69 Å². The smallest absolute Gasteiger partial charge is 0.248 e. The molecule has 1 aromatic carbocycles. The summed E-state index contributed by atoms with van der Waals surface area (Å²) < 4.78 is 5.63. The van der Waals surface area contributed by atoms with Gasteiger partial charge in [0.15, 0.2) is 0 Å². The first-order chi connectivity index (χ1) is 10.2. The minimum Gasteiger partial charge on any atom is -0.364 e. The Bertz CT molecular complexity index is 436. The van der Waals surface area contributed by atoms with E-state index in [1.54, 1.807) is 0 Å². The lowest BCUT2D eigenvalue weighted by molar-refractivity contribution is -0.132. The summed E-state index contributed by atoms with van der Waals surface area (Å²) in [6.45, 7) is 7.39. The van der Waals surface area contributed by atoms with Gasteiger partial charge in [-0.2, -0.15) is 0 Å². The van der Waals surface area contributed by atoms with Crippen molar-refractivity contribution in [1.82, 2.24) is 10.2 Å². The number of nitrogens with zero attached hydrogens (tertiary/aromatic N) is 1. The van der Waals surface area contributed by atoms with Crippen LogP contribution in [-0.2, 0) is 16.1 Å². The minimum absolute atomic E-state index is 0.0196. The third kappa shape index (κ3) is 4.83. The predicted octanol–water partition coefficient (Wildman–Crippen LogP) is 2.19. The molecule has 4 heteroatoms. The van der Waals surface area contributed by atoms with Crippen LogP contribution in [0.4, 0.5) is 0 Å². The van der Waals surface area contributed by atoms with Crippen molar-refractivity contribution >= 4 is 5.91 Å². The zero-order valence-corrected chi connectivity index (χ0v) is 13.0. The van der Waals surface area contributed by atoms with Crippen molar-refractivity contribution in [2.45, 2.75) is 45.4 Å². The van der Waals surface area contributed by atoms with E-state index < -0.39 is 6.10 Å². The van der Waals surface area contributed by atoms with E-state index in [-0.39, 0.29) is 5.91 Å². The van der Waals surface area contributed by atoms with Gasteiger partial charge in [-0.05, 0) is 38.4 Å². The number of hydrogen-bond donors (Lipinski definition) is 1. The summed E-state index contributed by atoms with van der Waals surface area (Å²) in [4.78, 5) is 14.5. The van der Waals surface area contributed by atoms with Crippen LogP contribution in [0.2, 0.25) is 0 Å². The number of hydrogen-bond acceptors (Lipinski definition) is 3. The molecule has 1 aromatic rings. The highest BCUT2D eigenvalue weighted by molar-refractivity contribution is 5.80. The van der Waals surface area contributed by atoms with Crippen molar-refractivity contribution < 1.29 is 9.53 Å². The van der Waals surface area contributed by atoms with Gasteiger partial charge >= 0.3 is 0 Å². The molecule has 1 amide bonds. The van der Waals surface area contributed by atoms with Gasteiger partial charge in [-0.25, -0.2) is 0 Å². The molecule has 0 saturated carbocycles. The summed E-state index contributed by atoms with van der Waals surface area (Å²) >= 11 is 0. The van der Waals surface area contributed by atoms with Crippen molar-refractivity contribution in [2.24, 2.45) is 0 Å². The van der Waals surface area contributed by atoms with E-state index in [1.165, 1.54) is 12.8 Å². The molecule has 0 aliphatic carbocycles. The quantitative estimate of drug-likeness (QED) is 0.837. The molecular weight excluding hydrogens is 264 g/mol. The van der Waals surface area contributed by atoms with Crippen LogP contribution in [0, 0.1) is 0 Å². The van der Waals surface area contributed by atoms with Crippen molar-refractivity contribution in [1.29, 1.82) is 0 Å². The van der Waals surface area contributed by atoms with E-state index >= 15 is 0 Å². The lowest BCUT2D eigenvalue weighted by Gasteiger charge is -2.23. The first kappa shape index (κ1) is 16.0. The minimum atomic E-state index is -0.415. The Hall–Kier alpha value is -1.39. The molecule has 0 bridgehead atoms. The van der Waals surface area contributed by atoms with E-state index in [1.807, 2.05) is 37.3 Å². The predicted molar refractivity (Wildman–Crippen MR) is 84.0 cm³/mol. The third-order valence-electron chi connectivity index (χ3n) is 4.13. The van der Waals surface area contributed by atoms with Crippen LogP contribution in [0.15, 0.2) is 30.3 Å². The molecule has 1 saturated heterocycles. The molecule has 0 spiro atoms. The maximum absolute atomic E-state index is 12.1. The molecule has 116 valence electrons. The molecule has 4 nitrogen and oxygen atoms in total. The second kappa shape index (κ2) is 8.15. The first-order valence-corrected chi connectivity index (χ1v) is 7.88. The number of amides is 1. The standard InChI is InChI=1S/C17H26N2O2/c1-3-19-11-7-10-16(19)12-18-17(20)14(2)21-13-15-8-5-4-6-9-15/h4-6,8-9,14,16H,3,7,10-13H2,1-2H3,(H,18,20)/t14-,16+/m0/s1. The molecule has 0 aromatic heterocycles. The molecular formula is C17H26N2O2. The Kier molecular flexibility index (Phi) is 6.21. The number of benzene rings is 1. The number of likely N-dealkylation sites (tertiary alicyclic amines) is 1. The second-order valence-electron chi connectivity index (χ2n) is 5.61. The van der Waals surface area contributed by atoms with Gasteiger partial charge in [0.05, 0.1) is 6.61 Å². The van der Waals surface area contributed by atoms with Gasteiger partial charge < -0.3 is 10.1 Å². The van der Waals surface area contributed by atoms with Gasteiger partial charge in [-0.1, -0.05) is 37.3 Å². The zero-order valence-electron chi connectivity index (χ0n) is 13.0. The van der Waals surface area contributed by atoms with E-state index in [0.717, 1.165) is 25.2 Å². The van der Waals surface area contributed by atoms with Crippen molar-refractivity contribution in [3.05, 3.63) is 35.9 Å².